The number of benzene rings is 5. The summed E-state index contributed by atoms with van der Waals surface area (Å²) in [6, 6.07) is 28.9. The van der Waals surface area contributed by atoms with Gasteiger partial charge in [-0.2, -0.15) is 12.6 Å². The first-order valence-corrected chi connectivity index (χ1v) is 21.1. The van der Waals surface area contributed by atoms with Crippen molar-refractivity contribution >= 4 is 58.8 Å². The normalized spacial score (nSPS) is 17.3. The molecular weight excluding hydrogens is 791 g/mol. The zero-order chi connectivity index (χ0) is 42.4. The molecule has 314 valence electrons. The molecule has 9 rings (SSSR count). The molecule has 5 aromatic rings. The number of amides is 3. The number of nitrogens with one attached hydrogen (secondary N) is 3. The number of methoxy groups -OCH3 is 2. The minimum absolute atomic E-state index is 0.00881. The molecule has 0 aliphatic carbocycles. The van der Waals surface area contributed by atoms with Crippen molar-refractivity contribution in [3.63, 3.8) is 0 Å². The van der Waals surface area contributed by atoms with E-state index < -0.39 is 0 Å². The molecule has 0 spiro atoms. The molecule has 0 unspecified atom stereocenters. The van der Waals surface area contributed by atoms with Gasteiger partial charge in [-0.25, -0.2) is 0 Å². The molecule has 3 N–H and O–H groups in total. The Balaban J connectivity index is 0.964. The summed E-state index contributed by atoms with van der Waals surface area (Å²) in [7, 11) is 3.11. The van der Waals surface area contributed by atoms with Gasteiger partial charge in [0, 0.05) is 53.5 Å². The Kier molecular flexibility index (Phi) is 10.7. The second-order valence-electron chi connectivity index (χ2n) is 16.7. The largest absolute Gasteiger partial charge is 0.493 e. The molecule has 13 heteroatoms. The third kappa shape index (κ3) is 8.02. The van der Waals surface area contributed by atoms with E-state index in [1.807, 2.05) is 90.4 Å². The van der Waals surface area contributed by atoms with E-state index in [1.165, 1.54) is 0 Å². The van der Waals surface area contributed by atoms with Gasteiger partial charge in [-0.3, -0.25) is 14.4 Å². The van der Waals surface area contributed by atoms with Gasteiger partial charge in [-0.05, 0) is 84.0 Å². The molecule has 4 aliphatic heterocycles. The minimum atomic E-state index is -0.299. The number of carbonyl (C=O) groups excluding carboxylic acids is 3. The van der Waals surface area contributed by atoms with Crippen LogP contribution in [0.4, 0.5) is 28.4 Å². The predicted molar refractivity (Wildman–Crippen MR) is 240 cm³/mol. The fourth-order valence-corrected chi connectivity index (χ4v) is 8.90. The Hall–Kier alpha value is -6.34. The molecule has 0 bridgehead atoms. The van der Waals surface area contributed by atoms with E-state index in [-0.39, 0.29) is 47.8 Å². The number of nitrogens with zero attached hydrogens (tertiary/aromatic N) is 2. The molecule has 4 aliphatic rings. The van der Waals surface area contributed by atoms with Crippen molar-refractivity contribution in [1.82, 2.24) is 0 Å². The van der Waals surface area contributed by atoms with Crippen LogP contribution in [0.2, 0.25) is 0 Å². The van der Waals surface area contributed by atoms with Gasteiger partial charge in [0.05, 0.1) is 48.8 Å². The molecule has 12 nitrogen and oxygen atoms in total. The van der Waals surface area contributed by atoms with Gasteiger partial charge in [-0.1, -0.05) is 50.2 Å². The molecule has 2 atom stereocenters. The van der Waals surface area contributed by atoms with Gasteiger partial charge in [-0.15, -0.1) is 0 Å². The number of ether oxygens (including phenoxy) is 4. The van der Waals surface area contributed by atoms with Crippen molar-refractivity contribution in [2.45, 2.75) is 69.6 Å². The number of fused-ring (bicyclic) bond motifs is 8. The lowest BCUT2D eigenvalue weighted by Gasteiger charge is -2.23. The first-order valence-electron chi connectivity index (χ1n) is 20.6. The SMILES string of the molecule is COc1cc2c(cc1OCc1cc(COc3cc4c(cc3OC)C(=O)N3c5ccccc5C[C@H]3CN4)cc(NC(=O)CCC(C)(C)S)c1)NC[C@@H]1Cc3ccccc3N1C2=O. The molecule has 61 heavy (non-hydrogen) atoms. The summed E-state index contributed by atoms with van der Waals surface area (Å²) in [5.74, 6) is 1.47. The number of para-hydroxylation sites is 2. The van der Waals surface area contributed by atoms with Crippen molar-refractivity contribution in [1.29, 1.82) is 0 Å². The zero-order valence-corrected chi connectivity index (χ0v) is 35.6. The zero-order valence-electron chi connectivity index (χ0n) is 34.7. The maximum absolute atomic E-state index is 14.0. The third-order valence-corrected chi connectivity index (χ3v) is 12.0. The van der Waals surface area contributed by atoms with E-state index >= 15 is 0 Å². The van der Waals surface area contributed by atoms with Gasteiger partial charge in [0.2, 0.25) is 5.91 Å². The Labute approximate surface area is 360 Å². The summed E-state index contributed by atoms with van der Waals surface area (Å²) >= 11 is 4.60. The van der Waals surface area contributed by atoms with E-state index in [4.69, 9.17) is 18.9 Å². The monoisotopic (exact) mass is 839 g/mol. The molecule has 4 heterocycles. The summed E-state index contributed by atoms with van der Waals surface area (Å²) < 4.78 is 24.1. The Bertz CT molecular complexity index is 2400. The number of thiol groups is 1. The van der Waals surface area contributed by atoms with Crippen LogP contribution < -0.4 is 44.7 Å². The molecule has 5 aromatic carbocycles. The van der Waals surface area contributed by atoms with Crippen LogP contribution in [0, 0.1) is 0 Å². The van der Waals surface area contributed by atoms with Crippen molar-refractivity contribution in [2.24, 2.45) is 0 Å². The van der Waals surface area contributed by atoms with Gasteiger partial charge >= 0.3 is 0 Å². The quantitative estimate of drug-likeness (QED) is 0.0918. The van der Waals surface area contributed by atoms with E-state index in [1.54, 1.807) is 26.4 Å². The lowest BCUT2D eigenvalue weighted by atomic mass is 10.1. The van der Waals surface area contributed by atoms with Crippen LogP contribution >= 0.6 is 12.6 Å². The average molecular weight is 840 g/mol. The molecule has 0 radical (unpaired) electrons. The van der Waals surface area contributed by atoms with Crippen LogP contribution in [0.25, 0.3) is 0 Å². The highest BCUT2D eigenvalue weighted by Gasteiger charge is 2.39. The van der Waals surface area contributed by atoms with Crippen LogP contribution in [0.5, 0.6) is 23.0 Å². The van der Waals surface area contributed by atoms with Crippen LogP contribution in [0.1, 0.15) is 69.7 Å². The maximum Gasteiger partial charge on any atom is 0.260 e. The second-order valence-corrected chi connectivity index (χ2v) is 17.9. The van der Waals surface area contributed by atoms with Gasteiger partial charge in [0.15, 0.2) is 23.0 Å². The van der Waals surface area contributed by atoms with Gasteiger partial charge in [0.25, 0.3) is 11.8 Å². The number of hydrogen-bond donors (Lipinski definition) is 4. The van der Waals surface area contributed by atoms with E-state index in [0.717, 1.165) is 46.5 Å². The molecular formula is C48H49N5O7S. The third-order valence-electron chi connectivity index (χ3n) is 11.8. The summed E-state index contributed by atoms with van der Waals surface area (Å²) in [6.07, 6.45) is 2.45. The molecule has 0 aromatic heterocycles. The van der Waals surface area contributed by atoms with Crippen molar-refractivity contribution in [3.8, 4) is 23.0 Å². The van der Waals surface area contributed by atoms with Gasteiger partial charge in [0.1, 0.15) is 13.2 Å². The Morgan fingerprint density at radius 2 is 1.18 bits per heavy atom. The Morgan fingerprint density at radius 3 is 1.64 bits per heavy atom. The lowest BCUT2D eigenvalue weighted by Crippen LogP contribution is -2.39. The predicted octanol–water partition coefficient (Wildman–Crippen LogP) is 8.28. The number of hydrogen-bond acceptors (Lipinski definition) is 10. The second kappa shape index (κ2) is 16.3. The standard InChI is InChI=1S/C48H49N5O7S/c1-48(2,61)14-13-45(54)51-32-16-28(26-59-43-22-37-35(20-41(43)57-3)46(55)52-33(24-49-37)18-30-9-5-7-11-39(30)52)15-29(17-32)27-60-44-23-38-36(21-42(44)58-4)47(56)53-34(25-50-38)19-31-10-6-8-12-40(31)53/h5-12,15-17,20-23,33-34,49-50,61H,13-14,18-19,24-27H2,1-4H3,(H,51,54)/t33-,34-/m0/s1. The number of rotatable bonds is 12. The van der Waals surface area contributed by atoms with Crippen LogP contribution in [-0.2, 0) is 30.8 Å². The molecule has 0 saturated carbocycles. The summed E-state index contributed by atoms with van der Waals surface area (Å²) in [4.78, 5) is 44.9. The average Bonchev–Trinajstić information content (AvgIpc) is 3.74. The summed E-state index contributed by atoms with van der Waals surface area (Å²) in [5, 5.41) is 10.0. The number of carbonyl (C=O) groups is 3. The summed E-state index contributed by atoms with van der Waals surface area (Å²) in [6.45, 7) is 5.38. The van der Waals surface area contributed by atoms with Gasteiger partial charge < -0.3 is 44.7 Å². The first-order chi connectivity index (χ1) is 29.5. The highest BCUT2D eigenvalue weighted by Crippen LogP contribution is 2.43. The van der Waals surface area contributed by atoms with E-state index in [0.29, 0.717) is 77.1 Å². The maximum atomic E-state index is 14.0. The summed E-state index contributed by atoms with van der Waals surface area (Å²) in [5.41, 5.74) is 8.68. The Morgan fingerprint density at radius 1 is 0.705 bits per heavy atom. The van der Waals surface area contributed by atoms with Crippen LogP contribution in [0.3, 0.4) is 0 Å². The van der Waals surface area contributed by atoms with Crippen molar-refractivity contribution in [2.75, 3.05) is 53.1 Å². The molecule has 3 amide bonds. The first kappa shape index (κ1) is 40.1. The number of anilines is 5. The lowest BCUT2D eigenvalue weighted by molar-refractivity contribution is -0.116. The molecule has 0 saturated heterocycles. The smallest absolute Gasteiger partial charge is 0.260 e. The van der Waals surface area contributed by atoms with Crippen LogP contribution in [0.15, 0.2) is 91.0 Å². The highest BCUT2D eigenvalue weighted by molar-refractivity contribution is 7.81. The molecule has 0 fully saturated rings. The fourth-order valence-electron chi connectivity index (χ4n) is 8.79. The van der Waals surface area contributed by atoms with E-state index in [9.17, 15) is 14.4 Å². The van der Waals surface area contributed by atoms with Crippen molar-refractivity contribution in [3.05, 3.63) is 124 Å². The van der Waals surface area contributed by atoms with E-state index in [2.05, 4.69) is 40.7 Å². The minimum Gasteiger partial charge on any atom is -0.493 e. The fraction of sp³-hybridized carbons (Fsp3) is 0.312. The van der Waals surface area contributed by atoms with Crippen LogP contribution in [-0.4, -0.2) is 61.9 Å². The topological polar surface area (TPSA) is 131 Å². The highest BCUT2D eigenvalue weighted by atomic mass is 32.1. The van der Waals surface area contributed by atoms with Crippen molar-refractivity contribution < 1.29 is 33.3 Å².